The molecule has 0 fully saturated rings. The van der Waals surface area contributed by atoms with Crippen molar-refractivity contribution in [3.05, 3.63) is 29.3 Å². The van der Waals surface area contributed by atoms with Crippen LogP contribution >= 0.6 is 0 Å². The lowest BCUT2D eigenvalue weighted by atomic mass is 10.00. The molecule has 4 N–H and O–H groups in total. The smallest absolute Gasteiger partial charge is 0.116 e. The summed E-state index contributed by atoms with van der Waals surface area (Å²) >= 11 is 0. The highest BCUT2D eigenvalue weighted by atomic mass is 16.3. The van der Waals surface area contributed by atoms with Crippen LogP contribution in [0.3, 0.4) is 0 Å². The molecule has 0 spiro atoms. The van der Waals surface area contributed by atoms with Gasteiger partial charge in [0.1, 0.15) is 11.9 Å². The minimum atomic E-state index is -0.959. The van der Waals surface area contributed by atoms with E-state index in [2.05, 4.69) is 5.32 Å². The van der Waals surface area contributed by atoms with Gasteiger partial charge in [-0.1, -0.05) is 6.07 Å². The van der Waals surface area contributed by atoms with Gasteiger partial charge in [-0.05, 0) is 50.2 Å². The van der Waals surface area contributed by atoms with Crippen LogP contribution in [0, 0.1) is 6.92 Å². The molecule has 0 aliphatic carbocycles. The van der Waals surface area contributed by atoms with Gasteiger partial charge in [0.2, 0.25) is 0 Å². The lowest BCUT2D eigenvalue weighted by Gasteiger charge is -2.18. The summed E-state index contributed by atoms with van der Waals surface area (Å²) in [6, 6.07) is 4.84. The number of nitrogens with one attached hydrogen (secondary N) is 1. The van der Waals surface area contributed by atoms with Crippen molar-refractivity contribution in [3.63, 3.8) is 0 Å². The molecule has 0 aliphatic rings. The van der Waals surface area contributed by atoms with Crippen molar-refractivity contribution < 1.29 is 15.3 Å². The van der Waals surface area contributed by atoms with Crippen molar-refractivity contribution in [1.82, 2.24) is 5.32 Å². The van der Waals surface area contributed by atoms with E-state index in [4.69, 9.17) is 0 Å². The Morgan fingerprint density at radius 2 is 1.94 bits per heavy atom. The van der Waals surface area contributed by atoms with Crippen LogP contribution in [0.4, 0.5) is 0 Å². The highest BCUT2D eigenvalue weighted by Gasteiger charge is 2.18. The second-order valence-electron chi connectivity index (χ2n) is 4.01. The lowest BCUT2D eigenvalue weighted by molar-refractivity contribution is 0.0139. The molecule has 4 nitrogen and oxygen atoms in total. The van der Waals surface area contributed by atoms with Crippen molar-refractivity contribution >= 4 is 0 Å². The summed E-state index contributed by atoms with van der Waals surface area (Å²) in [5.41, 5.74) is 1.40. The molecule has 0 bridgehead atoms. The minimum absolute atomic E-state index is 0.106. The summed E-state index contributed by atoms with van der Waals surface area (Å²) in [5.74, 6) is 0.106. The van der Waals surface area contributed by atoms with Gasteiger partial charge in [-0.2, -0.15) is 0 Å². The Morgan fingerprint density at radius 3 is 2.50 bits per heavy atom. The number of aryl methyl sites for hydroxylation is 1. The average Bonchev–Trinajstić information content (AvgIpc) is 2.23. The van der Waals surface area contributed by atoms with Crippen LogP contribution in [-0.2, 0) is 0 Å². The number of rotatable bonds is 5. The van der Waals surface area contributed by atoms with Gasteiger partial charge in [0.15, 0.2) is 0 Å². The first-order valence-corrected chi connectivity index (χ1v) is 5.36. The zero-order valence-corrected chi connectivity index (χ0v) is 9.64. The van der Waals surface area contributed by atoms with Crippen molar-refractivity contribution in [2.75, 3.05) is 13.6 Å². The van der Waals surface area contributed by atoms with Crippen LogP contribution in [0.2, 0.25) is 0 Å². The molecule has 0 aliphatic heterocycles. The molecule has 1 rings (SSSR count). The first-order chi connectivity index (χ1) is 7.54. The molecule has 0 heterocycles. The summed E-state index contributed by atoms with van der Waals surface area (Å²) in [6.45, 7) is 2.46. The fourth-order valence-corrected chi connectivity index (χ4v) is 1.63. The molecule has 4 heteroatoms. The van der Waals surface area contributed by atoms with Gasteiger partial charge in [-0.3, -0.25) is 0 Å². The quantitative estimate of drug-likeness (QED) is 0.595. The van der Waals surface area contributed by atoms with E-state index in [1.165, 1.54) is 6.07 Å². The lowest BCUT2D eigenvalue weighted by Crippen LogP contribution is -2.23. The summed E-state index contributed by atoms with van der Waals surface area (Å²) in [4.78, 5) is 0. The molecule has 1 aromatic rings. The number of hydrogen-bond donors (Lipinski definition) is 4. The van der Waals surface area contributed by atoms with Crippen molar-refractivity contribution in [3.8, 4) is 5.75 Å². The Morgan fingerprint density at radius 1 is 1.25 bits per heavy atom. The Bertz CT molecular complexity index is 321. The van der Waals surface area contributed by atoms with E-state index in [-0.39, 0.29) is 5.75 Å². The molecule has 0 aromatic heterocycles. The van der Waals surface area contributed by atoms with Crippen LogP contribution in [0.5, 0.6) is 5.75 Å². The van der Waals surface area contributed by atoms with Crippen molar-refractivity contribution in [1.29, 1.82) is 0 Å². The highest BCUT2D eigenvalue weighted by Crippen LogP contribution is 2.24. The molecule has 0 amide bonds. The molecule has 2 unspecified atom stereocenters. The molecule has 16 heavy (non-hydrogen) atoms. The van der Waals surface area contributed by atoms with E-state index in [1.54, 1.807) is 19.2 Å². The molecule has 0 radical (unpaired) electrons. The van der Waals surface area contributed by atoms with Gasteiger partial charge in [0.05, 0.1) is 6.10 Å². The van der Waals surface area contributed by atoms with Crippen LogP contribution in [-0.4, -0.2) is 35.0 Å². The van der Waals surface area contributed by atoms with E-state index in [0.717, 1.165) is 5.56 Å². The van der Waals surface area contributed by atoms with E-state index < -0.39 is 12.2 Å². The number of hydrogen-bond acceptors (Lipinski definition) is 4. The van der Waals surface area contributed by atoms with Gasteiger partial charge in [0, 0.05) is 0 Å². The van der Waals surface area contributed by atoms with Crippen molar-refractivity contribution in [2.45, 2.75) is 25.6 Å². The summed E-state index contributed by atoms with van der Waals surface area (Å²) in [7, 11) is 1.79. The topological polar surface area (TPSA) is 72.7 Å². The van der Waals surface area contributed by atoms with Crippen molar-refractivity contribution in [2.24, 2.45) is 0 Å². The Labute approximate surface area is 95.6 Å². The predicted molar refractivity (Wildman–Crippen MR) is 62.4 cm³/mol. The van der Waals surface area contributed by atoms with E-state index >= 15 is 0 Å². The number of phenols is 1. The van der Waals surface area contributed by atoms with Gasteiger partial charge >= 0.3 is 0 Å². The largest absolute Gasteiger partial charge is 0.508 e. The van der Waals surface area contributed by atoms with Crippen LogP contribution in [0.1, 0.15) is 23.7 Å². The second-order valence-corrected chi connectivity index (χ2v) is 4.01. The van der Waals surface area contributed by atoms with Gasteiger partial charge < -0.3 is 20.6 Å². The van der Waals surface area contributed by atoms with E-state index in [0.29, 0.717) is 18.5 Å². The number of benzene rings is 1. The third kappa shape index (κ3) is 3.48. The minimum Gasteiger partial charge on any atom is -0.508 e. The zero-order valence-electron chi connectivity index (χ0n) is 9.64. The maximum absolute atomic E-state index is 9.88. The third-order valence-electron chi connectivity index (χ3n) is 2.48. The number of aliphatic hydroxyl groups excluding tert-OH is 2. The fourth-order valence-electron chi connectivity index (χ4n) is 1.63. The highest BCUT2D eigenvalue weighted by molar-refractivity contribution is 5.34. The average molecular weight is 225 g/mol. The molecular weight excluding hydrogens is 206 g/mol. The van der Waals surface area contributed by atoms with Gasteiger partial charge in [0.25, 0.3) is 0 Å². The second kappa shape index (κ2) is 5.84. The van der Waals surface area contributed by atoms with Gasteiger partial charge in [-0.25, -0.2) is 0 Å². The summed E-state index contributed by atoms with van der Waals surface area (Å²) in [5, 5.41) is 31.9. The van der Waals surface area contributed by atoms with Gasteiger partial charge in [-0.15, -0.1) is 0 Å². The Kier molecular flexibility index (Phi) is 4.73. The summed E-state index contributed by atoms with van der Waals surface area (Å²) < 4.78 is 0. The normalized spacial score (nSPS) is 14.8. The van der Waals surface area contributed by atoms with E-state index in [9.17, 15) is 15.3 Å². The molecule has 1 aromatic carbocycles. The van der Waals surface area contributed by atoms with E-state index in [1.807, 2.05) is 6.92 Å². The number of aliphatic hydroxyl groups is 2. The first kappa shape index (κ1) is 13.0. The molecule has 90 valence electrons. The third-order valence-corrected chi connectivity index (χ3v) is 2.48. The monoisotopic (exact) mass is 225 g/mol. The standard InChI is InChI=1S/C12H19NO3/c1-8-5-9(7-10(14)6-8)12(16)11(15)3-4-13-2/h5-7,11-16H,3-4H2,1-2H3. The van der Waals surface area contributed by atoms with Crippen LogP contribution in [0.25, 0.3) is 0 Å². The molecule has 0 saturated heterocycles. The SMILES string of the molecule is CNCCC(O)C(O)c1cc(C)cc(O)c1. The zero-order chi connectivity index (χ0) is 12.1. The molecular formula is C12H19NO3. The Balaban J connectivity index is 2.74. The molecule has 2 atom stereocenters. The fraction of sp³-hybridized carbons (Fsp3) is 0.500. The van der Waals surface area contributed by atoms with Crippen LogP contribution in [0.15, 0.2) is 18.2 Å². The number of phenolic OH excluding ortho intramolecular Hbond substituents is 1. The maximum atomic E-state index is 9.88. The molecule has 0 saturated carbocycles. The Hall–Kier alpha value is -1.10. The number of aromatic hydroxyl groups is 1. The van der Waals surface area contributed by atoms with Crippen LogP contribution < -0.4 is 5.32 Å². The maximum Gasteiger partial charge on any atom is 0.116 e. The first-order valence-electron chi connectivity index (χ1n) is 5.36. The summed E-state index contributed by atoms with van der Waals surface area (Å²) in [6.07, 6.45) is -1.32. The predicted octanol–water partition coefficient (Wildman–Crippen LogP) is 0.704.